The van der Waals surface area contributed by atoms with Gasteiger partial charge in [0.25, 0.3) is 0 Å². The molecule has 0 aromatic carbocycles. The third-order valence-corrected chi connectivity index (χ3v) is 2.99. The molecule has 1 rings (SSSR count). The van der Waals surface area contributed by atoms with Crippen LogP contribution in [0.2, 0.25) is 0 Å². The minimum Gasteiger partial charge on any atom is -0.479 e. The molecule has 0 bridgehead atoms. The molecule has 0 saturated carbocycles. The van der Waals surface area contributed by atoms with Gasteiger partial charge in [0, 0.05) is 4.88 Å². The number of aliphatic carboxylic acids is 1. The minimum atomic E-state index is -1.91. The van der Waals surface area contributed by atoms with Gasteiger partial charge in [-0.25, -0.2) is 9.59 Å². The topological polar surface area (TPSA) is 104 Å². The van der Waals surface area contributed by atoms with E-state index in [0.29, 0.717) is 0 Å². The van der Waals surface area contributed by atoms with Crippen molar-refractivity contribution in [2.24, 2.45) is 0 Å². The highest BCUT2D eigenvalue weighted by Gasteiger charge is 2.27. The Labute approximate surface area is 94.7 Å². The Bertz CT molecular complexity index is 398. The number of hydrogen-bond acceptors (Lipinski definition) is 6. The minimum absolute atomic E-state index is 0.190. The van der Waals surface area contributed by atoms with Gasteiger partial charge in [-0.05, 0) is 12.1 Å². The average Bonchev–Trinajstić information content (AvgIpc) is 2.75. The van der Waals surface area contributed by atoms with Crippen molar-refractivity contribution in [2.45, 2.75) is 12.2 Å². The average molecular weight is 246 g/mol. The third-order valence-electron chi connectivity index (χ3n) is 1.86. The first kappa shape index (κ1) is 12.6. The fourth-order valence-electron chi connectivity index (χ4n) is 1.01. The van der Waals surface area contributed by atoms with Gasteiger partial charge in [-0.1, -0.05) is 0 Å². The smallest absolute Gasteiger partial charge is 0.348 e. The van der Waals surface area contributed by atoms with E-state index >= 15 is 0 Å². The predicted octanol–water partition coefficient (Wildman–Crippen LogP) is 0.0136. The summed E-state index contributed by atoms with van der Waals surface area (Å²) >= 11 is 0.872. The van der Waals surface area contributed by atoms with Crippen LogP contribution < -0.4 is 0 Å². The number of esters is 1. The van der Waals surface area contributed by atoms with Crippen LogP contribution in [0.15, 0.2) is 12.1 Å². The zero-order valence-electron chi connectivity index (χ0n) is 8.28. The molecule has 6 nitrogen and oxygen atoms in total. The Balaban J connectivity index is 2.85. The molecule has 0 saturated heterocycles. The number of carbonyl (C=O) groups is 2. The fraction of sp³-hybridized carbons (Fsp3) is 0.333. The van der Waals surface area contributed by atoms with Crippen LogP contribution in [0.4, 0.5) is 0 Å². The van der Waals surface area contributed by atoms with Gasteiger partial charge in [-0.2, -0.15) is 0 Å². The molecule has 2 unspecified atom stereocenters. The number of methoxy groups -OCH3 is 1. The molecule has 3 N–H and O–H groups in total. The van der Waals surface area contributed by atoms with Gasteiger partial charge in [-0.3, -0.25) is 0 Å². The molecular formula is C9H10O6S. The summed E-state index contributed by atoms with van der Waals surface area (Å²) in [7, 11) is 1.21. The highest BCUT2D eigenvalue weighted by Crippen LogP contribution is 2.26. The maximum absolute atomic E-state index is 11.1. The molecule has 88 valence electrons. The van der Waals surface area contributed by atoms with Gasteiger partial charge in [0.1, 0.15) is 11.0 Å². The maximum atomic E-state index is 11.1. The quantitative estimate of drug-likeness (QED) is 0.647. The number of aliphatic hydroxyl groups excluding tert-OH is 2. The monoisotopic (exact) mass is 246 g/mol. The molecule has 0 amide bonds. The molecule has 16 heavy (non-hydrogen) atoms. The molecule has 0 fully saturated rings. The van der Waals surface area contributed by atoms with E-state index in [2.05, 4.69) is 4.74 Å². The summed E-state index contributed by atoms with van der Waals surface area (Å²) in [5, 5.41) is 27.0. The van der Waals surface area contributed by atoms with Crippen molar-refractivity contribution in [3.05, 3.63) is 21.9 Å². The Morgan fingerprint density at radius 1 is 1.38 bits per heavy atom. The predicted molar refractivity (Wildman–Crippen MR) is 54.3 cm³/mol. The molecule has 7 heteroatoms. The van der Waals surface area contributed by atoms with E-state index in [1.54, 1.807) is 0 Å². The number of aliphatic hydroxyl groups is 2. The van der Waals surface area contributed by atoms with Gasteiger partial charge < -0.3 is 20.1 Å². The van der Waals surface area contributed by atoms with Gasteiger partial charge in [0.15, 0.2) is 6.10 Å². The van der Waals surface area contributed by atoms with Gasteiger partial charge in [0.05, 0.1) is 7.11 Å². The molecule has 0 aliphatic heterocycles. The fourth-order valence-corrected chi connectivity index (χ4v) is 1.96. The van der Waals surface area contributed by atoms with Gasteiger partial charge in [-0.15, -0.1) is 11.3 Å². The Morgan fingerprint density at radius 2 is 2.00 bits per heavy atom. The van der Waals surface area contributed by atoms with E-state index in [0.717, 1.165) is 11.3 Å². The van der Waals surface area contributed by atoms with Crippen molar-refractivity contribution in [1.82, 2.24) is 0 Å². The summed E-state index contributed by atoms with van der Waals surface area (Å²) in [5.74, 6) is -2.10. The number of thiophene rings is 1. The number of carboxylic acid groups (broad SMARTS) is 1. The Kier molecular flexibility index (Phi) is 3.99. The lowest BCUT2D eigenvalue weighted by Gasteiger charge is -2.11. The molecule has 0 radical (unpaired) electrons. The van der Waals surface area contributed by atoms with E-state index in [1.165, 1.54) is 19.2 Å². The number of ether oxygens (including phenoxy) is 1. The van der Waals surface area contributed by atoms with Crippen LogP contribution in [-0.2, 0) is 9.53 Å². The lowest BCUT2D eigenvalue weighted by atomic mass is 10.2. The summed E-state index contributed by atoms with van der Waals surface area (Å²) in [6.07, 6.45) is -3.47. The van der Waals surface area contributed by atoms with Crippen molar-refractivity contribution in [3.63, 3.8) is 0 Å². The molecule has 2 atom stereocenters. The van der Waals surface area contributed by atoms with E-state index < -0.39 is 24.1 Å². The Hall–Kier alpha value is -1.44. The summed E-state index contributed by atoms with van der Waals surface area (Å²) in [5.41, 5.74) is 0. The second-order valence-corrected chi connectivity index (χ2v) is 4.04. The third kappa shape index (κ3) is 2.57. The van der Waals surface area contributed by atoms with E-state index in [4.69, 9.17) is 10.2 Å². The highest BCUT2D eigenvalue weighted by molar-refractivity contribution is 7.14. The molecule has 0 spiro atoms. The standard InChI is InChI=1S/C9H10O6S/c1-15-9(14)5-3-2-4(16-5)6(10)7(11)8(12)13/h2-3,6-7,10-11H,1H3,(H,12,13). The second-order valence-electron chi connectivity index (χ2n) is 2.92. The van der Waals surface area contributed by atoms with E-state index in [-0.39, 0.29) is 9.75 Å². The number of carboxylic acids is 1. The van der Waals surface area contributed by atoms with Gasteiger partial charge >= 0.3 is 11.9 Å². The van der Waals surface area contributed by atoms with Crippen LogP contribution in [-0.4, -0.2) is 40.5 Å². The molecule has 1 heterocycles. The van der Waals surface area contributed by atoms with Crippen molar-refractivity contribution in [3.8, 4) is 0 Å². The van der Waals surface area contributed by atoms with Crippen LogP contribution in [0, 0.1) is 0 Å². The molecule has 0 aliphatic rings. The molecule has 1 aromatic heterocycles. The molecular weight excluding hydrogens is 236 g/mol. The number of rotatable bonds is 4. The van der Waals surface area contributed by atoms with Gasteiger partial charge in [0.2, 0.25) is 0 Å². The lowest BCUT2D eigenvalue weighted by Crippen LogP contribution is -2.26. The number of carbonyl (C=O) groups excluding carboxylic acids is 1. The van der Waals surface area contributed by atoms with E-state index in [1.807, 2.05) is 0 Å². The first-order valence-electron chi connectivity index (χ1n) is 4.24. The normalized spacial score (nSPS) is 14.2. The molecule has 1 aromatic rings. The van der Waals surface area contributed by atoms with Crippen LogP contribution in [0.3, 0.4) is 0 Å². The second kappa shape index (κ2) is 5.06. The van der Waals surface area contributed by atoms with Crippen LogP contribution in [0.25, 0.3) is 0 Å². The van der Waals surface area contributed by atoms with Crippen molar-refractivity contribution < 1.29 is 29.6 Å². The first-order chi connectivity index (χ1) is 7.47. The molecule has 0 aliphatic carbocycles. The van der Waals surface area contributed by atoms with Crippen LogP contribution >= 0.6 is 11.3 Å². The number of hydrogen-bond donors (Lipinski definition) is 3. The van der Waals surface area contributed by atoms with Crippen molar-refractivity contribution >= 4 is 23.3 Å². The maximum Gasteiger partial charge on any atom is 0.348 e. The van der Waals surface area contributed by atoms with E-state index in [9.17, 15) is 14.7 Å². The SMILES string of the molecule is COC(=O)c1ccc(C(O)C(O)C(=O)O)s1. The lowest BCUT2D eigenvalue weighted by molar-refractivity contribution is -0.152. The van der Waals surface area contributed by atoms with Crippen molar-refractivity contribution in [2.75, 3.05) is 7.11 Å². The summed E-state index contributed by atoms with van der Waals surface area (Å²) in [6.45, 7) is 0. The summed E-state index contributed by atoms with van der Waals surface area (Å²) in [4.78, 5) is 21.9. The Morgan fingerprint density at radius 3 is 2.50 bits per heavy atom. The summed E-state index contributed by atoms with van der Waals surface area (Å²) < 4.78 is 4.45. The first-order valence-corrected chi connectivity index (χ1v) is 5.06. The van der Waals surface area contributed by atoms with Crippen LogP contribution in [0.1, 0.15) is 20.7 Å². The van der Waals surface area contributed by atoms with Crippen LogP contribution in [0.5, 0.6) is 0 Å². The van der Waals surface area contributed by atoms with Crippen molar-refractivity contribution in [1.29, 1.82) is 0 Å². The highest BCUT2D eigenvalue weighted by atomic mass is 32.1. The zero-order chi connectivity index (χ0) is 12.3. The zero-order valence-corrected chi connectivity index (χ0v) is 9.10. The largest absolute Gasteiger partial charge is 0.479 e. The summed E-state index contributed by atoms with van der Waals surface area (Å²) in [6, 6.07) is 2.76.